The van der Waals surface area contributed by atoms with Crippen molar-refractivity contribution in [3.05, 3.63) is 84.1 Å². The van der Waals surface area contributed by atoms with Gasteiger partial charge in [-0.1, -0.05) is 42.5 Å². The fraction of sp³-hybridized carbons (Fsp3) is 0.286. The molecule has 0 spiro atoms. The van der Waals surface area contributed by atoms with Gasteiger partial charge in [-0.2, -0.15) is 13.2 Å². The van der Waals surface area contributed by atoms with Crippen LogP contribution in [0.3, 0.4) is 0 Å². The molecule has 5 rings (SSSR count). The Balaban J connectivity index is 1.55. The van der Waals surface area contributed by atoms with Crippen molar-refractivity contribution in [1.82, 2.24) is 20.2 Å². The highest BCUT2D eigenvalue weighted by atomic mass is 19.4. The molecule has 1 aliphatic rings. The Morgan fingerprint density at radius 1 is 0.974 bits per heavy atom. The van der Waals surface area contributed by atoms with Gasteiger partial charge in [0.25, 0.3) is 0 Å². The predicted octanol–water partition coefficient (Wildman–Crippen LogP) is 5.72. The van der Waals surface area contributed by atoms with E-state index in [-0.39, 0.29) is 12.1 Å². The molecule has 196 valence electrons. The number of nitrogens with one attached hydrogen (secondary N) is 1. The summed E-state index contributed by atoms with van der Waals surface area (Å²) < 4.78 is 40.4. The maximum atomic E-state index is 13.5. The van der Waals surface area contributed by atoms with E-state index in [9.17, 15) is 13.2 Å². The van der Waals surface area contributed by atoms with E-state index < -0.39 is 11.7 Å². The fourth-order valence-electron chi connectivity index (χ4n) is 4.51. The van der Waals surface area contributed by atoms with Crippen LogP contribution in [0, 0.1) is 0 Å². The van der Waals surface area contributed by atoms with E-state index in [2.05, 4.69) is 25.4 Å². The Morgan fingerprint density at radius 2 is 1.74 bits per heavy atom. The quantitative estimate of drug-likeness (QED) is 0.337. The highest BCUT2D eigenvalue weighted by Gasteiger charge is 2.31. The zero-order chi connectivity index (χ0) is 26.7. The second-order valence-electron chi connectivity index (χ2n) is 9.41. The number of halogens is 3. The van der Waals surface area contributed by atoms with Gasteiger partial charge in [0.15, 0.2) is 5.82 Å². The van der Waals surface area contributed by atoms with Gasteiger partial charge in [0, 0.05) is 36.5 Å². The molecule has 1 aliphatic heterocycles. The van der Waals surface area contributed by atoms with Crippen LogP contribution in [0.1, 0.15) is 36.9 Å². The lowest BCUT2D eigenvalue weighted by Crippen LogP contribution is -2.40. The molecular formula is C28H28F3N7. The van der Waals surface area contributed by atoms with Crippen molar-refractivity contribution in [3.63, 3.8) is 0 Å². The normalized spacial score (nSPS) is 15.3. The Hall–Kier alpha value is -4.05. The Kier molecular flexibility index (Phi) is 7.24. The number of hydrogen-bond donors (Lipinski definition) is 2. The third-order valence-corrected chi connectivity index (χ3v) is 6.68. The van der Waals surface area contributed by atoms with E-state index in [1.54, 1.807) is 18.3 Å². The van der Waals surface area contributed by atoms with Crippen LogP contribution in [-0.4, -0.2) is 39.3 Å². The molecule has 7 nitrogen and oxygen atoms in total. The van der Waals surface area contributed by atoms with Gasteiger partial charge in [0.2, 0.25) is 5.95 Å². The van der Waals surface area contributed by atoms with E-state index >= 15 is 0 Å². The SMILES string of the molecule is C[C@H](Nc1nccc(-c2cc(N3CCC(N)CC3)nnc2-c2cccc(C(F)(F)F)c2)n1)c1ccccc1. The van der Waals surface area contributed by atoms with Gasteiger partial charge >= 0.3 is 6.18 Å². The first-order valence-corrected chi connectivity index (χ1v) is 12.5. The van der Waals surface area contributed by atoms with Crippen molar-refractivity contribution in [2.45, 2.75) is 38.0 Å². The Labute approximate surface area is 219 Å². The highest BCUT2D eigenvalue weighted by Crippen LogP contribution is 2.36. The Morgan fingerprint density at radius 3 is 2.47 bits per heavy atom. The summed E-state index contributed by atoms with van der Waals surface area (Å²) in [6.45, 7) is 3.46. The molecule has 3 N–H and O–H groups in total. The van der Waals surface area contributed by atoms with E-state index in [1.807, 2.05) is 43.3 Å². The molecule has 1 fully saturated rings. The van der Waals surface area contributed by atoms with Gasteiger partial charge in [0.05, 0.1) is 17.3 Å². The summed E-state index contributed by atoms with van der Waals surface area (Å²) in [6.07, 6.45) is -1.20. The lowest BCUT2D eigenvalue weighted by atomic mass is 10.0. The number of alkyl halides is 3. The number of anilines is 2. The number of benzene rings is 2. The minimum absolute atomic E-state index is 0.0573. The second-order valence-corrected chi connectivity index (χ2v) is 9.41. The molecule has 0 aliphatic carbocycles. The van der Waals surface area contributed by atoms with Crippen LogP contribution in [0.15, 0.2) is 72.9 Å². The molecule has 2 aromatic heterocycles. The van der Waals surface area contributed by atoms with Gasteiger partial charge in [-0.25, -0.2) is 9.97 Å². The first-order chi connectivity index (χ1) is 18.3. The topological polar surface area (TPSA) is 92.9 Å². The predicted molar refractivity (Wildman–Crippen MR) is 141 cm³/mol. The van der Waals surface area contributed by atoms with Crippen molar-refractivity contribution in [2.75, 3.05) is 23.3 Å². The second kappa shape index (κ2) is 10.7. The van der Waals surface area contributed by atoms with E-state index in [1.165, 1.54) is 6.07 Å². The molecule has 0 radical (unpaired) electrons. The zero-order valence-corrected chi connectivity index (χ0v) is 20.9. The highest BCUT2D eigenvalue weighted by molar-refractivity contribution is 5.81. The summed E-state index contributed by atoms with van der Waals surface area (Å²) in [7, 11) is 0. The minimum Gasteiger partial charge on any atom is -0.355 e. The molecule has 38 heavy (non-hydrogen) atoms. The molecule has 0 unspecified atom stereocenters. The summed E-state index contributed by atoms with van der Waals surface area (Å²) in [5.41, 5.74) is 8.10. The summed E-state index contributed by atoms with van der Waals surface area (Å²) in [5, 5.41) is 12.1. The van der Waals surface area contributed by atoms with Crippen LogP contribution in [0.25, 0.3) is 22.5 Å². The summed E-state index contributed by atoms with van der Waals surface area (Å²) in [5.74, 6) is 1.03. The number of aromatic nitrogens is 4. The lowest BCUT2D eigenvalue weighted by Gasteiger charge is -2.31. The van der Waals surface area contributed by atoms with Crippen molar-refractivity contribution in [2.24, 2.45) is 5.73 Å². The molecule has 0 saturated carbocycles. The fourth-order valence-corrected chi connectivity index (χ4v) is 4.51. The Bertz CT molecular complexity index is 1390. The maximum absolute atomic E-state index is 13.5. The minimum atomic E-state index is -4.48. The number of nitrogens with two attached hydrogens (primary N) is 1. The largest absolute Gasteiger partial charge is 0.416 e. The van der Waals surface area contributed by atoms with Crippen LogP contribution in [-0.2, 0) is 6.18 Å². The molecule has 10 heteroatoms. The molecule has 1 atom stereocenters. The molecule has 3 heterocycles. The first-order valence-electron chi connectivity index (χ1n) is 12.5. The van der Waals surface area contributed by atoms with Crippen LogP contribution in [0.5, 0.6) is 0 Å². The standard InChI is InChI=1S/C28H28F3N7/c1-18(19-6-3-2-4-7-19)34-27-33-13-10-24(35-27)23-17-25(38-14-11-22(32)12-15-38)36-37-26(23)20-8-5-9-21(16-20)28(29,30)31/h2-10,13,16-18,22H,11-12,14-15,32H2,1H3,(H,33,34,35)/t18-/m0/s1. The average Bonchev–Trinajstić information content (AvgIpc) is 2.93. The van der Waals surface area contributed by atoms with Crippen molar-refractivity contribution in [3.8, 4) is 22.5 Å². The number of rotatable bonds is 6. The molecule has 4 aromatic rings. The van der Waals surface area contributed by atoms with E-state index in [0.717, 1.165) is 43.6 Å². The van der Waals surface area contributed by atoms with Gasteiger partial charge < -0.3 is 16.0 Å². The zero-order valence-electron chi connectivity index (χ0n) is 20.9. The van der Waals surface area contributed by atoms with Crippen LogP contribution in [0.2, 0.25) is 0 Å². The van der Waals surface area contributed by atoms with Crippen LogP contribution >= 0.6 is 0 Å². The molecular weight excluding hydrogens is 491 g/mol. The molecule has 1 saturated heterocycles. The van der Waals surface area contributed by atoms with Gasteiger partial charge in [0.1, 0.15) is 5.69 Å². The van der Waals surface area contributed by atoms with Crippen LogP contribution < -0.4 is 16.0 Å². The third-order valence-electron chi connectivity index (χ3n) is 6.68. The number of hydrogen-bond acceptors (Lipinski definition) is 7. The molecule has 0 bridgehead atoms. The molecule has 2 aromatic carbocycles. The van der Waals surface area contributed by atoms with E-state index in [4.69, 9.17) is 10.7 Å². The summed E-state index contributed by atoms with van der Waals surface area (Å²) in [4.78, 5) is 11.2. The monoisotopic (exact) mass is 519 g/mol. The number of nitrogens with zero attached hydrogens (tertiary/aromatic N) is 5. The smallest absolute Gasteiger partial charge is 0.355 e. The van der Waals surface area contributed by atoms with Crippen molar-refractivity contribution in [1.29, 1.82) is 0 Å². The number of piperidine rings is 1. The summed E-state index contributed by atoms with van der Waals surface area (Å²) >= 11 is 0. The van der Waals surface area contributed by atoms with Gasteiger partial charge in [-0.15, -0.1) is 10.2 Å². The average molecular weight is 520 g/mol. The van der Waals surface area contributed by atoms with Gasteiger partial charge in [-0.3, -0.25) is 0 Å². The lowest BCUT2D eigenvalue weighted by molar-refractivity contribution is -0.137. The van der Waals surface area contributed by atoms with Crippen molar-refractivity contribution < 1.29 is 13.2 Å². The van der Waals surface area contributed by atoms with Crippen LogP contribution in [0.4, 0.5) is 24.9 Å². The van der Waals surface area contributed by atoms with Crippen molar-refractivity contribution >= 4 is 11.8 Å². The maximum Gasteiger partial charge on any atom is 0.416 e. The molecule has 0 amide bonds. The van der Waals surface area contributed by atoms with E-state index in [0.29, 0.717) is 34.3 Å². The third kappa shape index (κ3) is 5.75. The summed E-state index contributed by atoms with van der Waals surface area (Å²) in [6, 6.07) is 18.6. The first kappa shape index (κ1) is 25.6. The van der Waals surface area contributed by atoms with Gasteiger partial charge in [-0.05, 0) is 49.6 Å².